The molecule has 0 amide bonds. The topological polar surface area (TPSA) is 35.5 Å². The van der Waals surface area contributed by atoms with Gasteiger partial charge in [-0.25, -0.2) is 0 Å². The number of carbonyl (C=O) groups is 1. The molecule has 3 heteroatoms. The standard InChI is InChI=1S/C9H18O3/c1-5-11-9(6-7(2)3)12-8(4)10/h7,9H,5-6H2,1-4H3. The maximum Gasteiger partial charge on any atom is 0.304 e. The lowest BCUT2D eigenvalue weighted by Crippen LogP contribution is -2.21. The fourth-order valence-corrected chi connectivity index (χ4v) is 0.906. The Hall–Kier alpha value is -0.570. The maximum atomic E-state index is 10.6. The van der Waals surface area contributed by atoms with Crippen LogP contribution in [0, 0.1) is 5.92 Å². The first kappa shape index (κ1) is 11.4. The van der Waals surface area contributed by atoms with Crippen molar-refractivity contribution in [3.8, 4) is 0 Å². The molecule has 0 aliphatic heterocycles. The Bertz CT molecular complexity index is 132. The summed E-state index contributed by atoms with van der Waals surface area (Å²) in [5.41, 5.74) is 0. The molecule has 0 heterocycles. The zero-order valence-electron chi connectivity index (χ0n) is 8.29. The van der Waals surface area contributed by atoms with E-state index >= 15 is 0 Å². The summed E-state index contributed by atoms with van der Waals surface area (Å²) in [4.78, 5) is 10.6. The number of rotatable bonds is 5. The highest BCUT2D eigenvalue weighted by molar-refractivity contribution is 5.66. The highest BCUT2D eigenvalue weighted by Crippen LogP contribution is 2.09. The van der Waals surface area contributed by atoms with E-state index in [4.69, 9.17) is 9.47 Å². The highest BCUT2D eigenvalue weighted by atomic mass is 16.7. The summed E-state index contributed by atoms with van der Waals surface area (Å²) in [6, 6.07) is 0. The summed E-state index contributed by atoms with van der Waals surface area (Å²) < 4.78 is 10.2. The predicted octanol–water partition coefficient (Wildman–Crippen LogP) is 1.96. The molecule has 0 spiro atoms. The maximum absolute atomic E-state index is 10.6. The lowest BCUT2D eigenvalue weighted by Gasteiger charge is -2.18. The Balaban J connectivity index is 3.77. The van der Waals surface area contributed by atoms with Crippen LogP contribution in [0.25, 0.3) is 0 Å². The van der Waals surface area contributed by atoms with Crippen LogP contribution in [0.4, 0.5) is 0 Å². The molecule has 0 N–H and O–H groups in total. The van der Waals surface area contributed by atoms with Crippen molar-refractivity contribution < 1.29 is 14.3 Å². The van der Waals surface area contributed by atoms with E-state index in [1.807, 2.05) is 6.92 Å². The van der Waals surface area contributed by atoms with Gasteiger partial charge in [0.2, 0.25) is 6.29 Å². The second-order valence-corrected chi connectivity index (χ2v) is 3.12. The molecule has 0 fully saturated rings. The molecule has 0 aromatic rings. The van der Waals surface area contributed by atoms with E-state index < -0.39 is 0 Å². The van der Waals surface area contributed by atoms with E-state index in [1.165, 1.54) is 6.92 Å². The van der Waals surface area contributed by atoms with Crippen molar-refractivity contribution in [1.29, 1.82) is 0 Å². The van der Waals surface area contributed by atoms with Crippen LogP contribution < -0.4 is 0 Å². The summed E-state index contributed by atoms with van der Waals surface area (Å²) in [6.07, 6.45) is 0.389. The second-order valence-electron chi connectivity index (χ2n) is 3.12. The average Bonchev–Trinajstić information content (AvgIpc) is 1.84. The van der Waals surface area contributed by atoms with Crippen molar-refractivity contribution in [2.45, 2.75) is 40.4 Å². The SMILES string of the molecule is CCOC(CC(C)C)OC(C)=O. The molecule has 1 unspecified atom stereocenters. The third kappa shape index (κ3) is 6.16. The van der Waals surface area contributed by atoms with E-state index in [1.54, 1.807) is 0 Å². The largest absolute Gasteiger partial charge is 0.436 e. The van der Waals surface area contributed by atoms with E-state index in [0.717, 1.165) is 6.42 Å². The van der Waals surface area contributed by atoms with E-state index in [2.05, 4.69) is 13.8 Å². The Morgan fingerprint density at radius 2 is 2.00 bits per heavy atom. The third-order valence-electron chi connectivity index (χ3n) is 1.31. The molecule has 0 aromatic carbocycles. The van der Waals surface area contributed by atoms with Crippen LogP contribution in [-0.2, 0) is 14.3 Å². The molecule has 0 bridgehead atoms. The van der Waals surface area contributed by atoms with Crippen LogP contribution >= 0.6 is 0 Å². The van der Waals surface area contributed by atoms with Gasteiger partial charge in [-0.2, -0.15) is 0 Å². The smallest absolute Gasteiger partial charge is 0.304 e. The van der Waals surface area contributed by atoms with E-state index in [0.29, 0.717) is 12.5 Å². The summed E-state index contributed by atoms with van der Waals surface area (Å²) >= 11 is 0. The zero-order chi connectivity index (χ0) is 9.56. The molecule has 0 aromatic heterocycles. The van der Waals surface area contributed by atoms with Crippen molar-refractivity contribution in [2.24, 2.45) is 5.92 Å². The summed E-state index contributed by atoms with van der Waals surface area (Å²) in [5, 5.41) is 0. The van der Waals surface area contributed by atoms with Crippen molar-refractivity contribution in [3.05, 3.63) is 0 Å². The molecule has 12 heavy (non-hydrogen) atoms. The fraction of sp³-hybridized carbons (Fsp3) is 0.889. The van der Waals surface area contributed by atoms with Gasteiger partial charge < -0.3 is 9.47 Å². The quantitative estimate of drug-likeness (QED) is 0.472. The first-order valence-electron chi connectivity index (χ1n) is 4.35. The number of carbonyl (C=O) groups excluding carboxylic acids is 1. The van der Waals surface area contributed by atoms with Gasteiger partial charge in [-0.05, 0) is 12.8 Å². The van der Waals surface area contributed by atoms with E-state index in [-0.39, 0.29) is 12.3 Å². The van der Waals surface area contributed by atoms with Gasteiger partial charge in [-0.3, -0.25) is 4.79 Å². The van der Waals surface area contributed by atoms with Crippen LogP contribution in [0.5, 0.6) is 0 Å². The van der Waals surface area contributed by atoms with Crippen LogP contribution in [-0.4, -0.2) is 18.9 Å². The molecule has 0 saturated carbocycles. The molecule has 0 rings (SSSR count). The van der Waals surface area contributed by atoms with Crippen LogP contribution in [0.2, 0.25) is 0 Å². The van der Waals surface area contributed by atoms with Crippen LogP contribution in [0.3, 0.4) is 0 Å². The normalized spacial score (nSPS) is 13.1. The van der Waals surface area contributed by atoms with Gasteiger partial charge in [0.25, 0.3) is 0 Å². The molecule has 0 radical (unpaired) electrons. The third-order valence-corrected chi connectivity index (χ3v) is 1.31. The lowest BCUT2D eigenvalue weighted by molar-refractivity contribution is -0.178. The average molecular weight is 174 g/mol. The van der Waals surface area contributed by atoms with Crippen LogP contribution in [0.15, 0.2) is 0 Å². The van der Waals surface area contributed by atoms with Gasteiger partial charge >= 0.3 is 5.97 Å². The van der Waals surface area contributed by atoms with Gasteiger partial charge in [0.15, 0.2) is 0 Å². The zero-order valence-corrected chi connectivity index (χ0v) is 8.29. The number of hydrogen-bond donors (Lipinski definition) is 0. The Morgan fingerprint density at radius 3 is 2.33 bits per heavy atom. The number of hydrogen-bond acceptors (Lipinski definition) is 3. The summed E-state index contributed by atoms with van der Waals surface area (Å²) in [5.74, 6) is 0.190. The Kier molecular flexibility index (Phi) is 5.72. The van der Waals surface area contributed by atoms with Crippen molar-refractivity contribution in [2.75, 3.05) is 6.61 Å². The molecule has 3 nitrogen and oxygen atoms in total. The molecular weight excluding hydrogens is 156 g/mol. The van der Waals surface area contributed by atoms with Gasteiger partial charge in [0, 0.05) is 20.0 Å². The van der Waals surface area contributed by atoms with Crippen LogP contribution in [0.1, 0.15) is 34.1 Å². The molecule has 0 aliphatic rings. The Labute approximate surface area is 74.0 Å². The minimum Gasteiger partial charge on any atom is -0.436 e. The van der Waals surface area contributed by atoms with Gasteiger partial charge in [-0.1, -0.05) is 13.8 Å². The minimum absolute atomic E-state index is 0.283. The highest BCUT2D eigenvalue weighted by Gasteiger charge is 2.12. The first-order valence-corrected chi connectivity index (χ1v) is 4.35. The van der Waals surface area contributed by atoms with Crippen molar-refractivity contribution in [3.63, 3.8) is 0 Å². The summed E-state index contributed by atoms with van der Waals surface area (Å²) in [7, 11) is 0. The fourth-order valence-electron chi connectivity index (χ4n) is 0.906. The molecule has 0 aliphatic carbocycles. The monoisotopic (exact) mass is 174 g/mol. The molecule has 72 valence electrons. The van der Waals surface area contributed by atoms with Crippen molar-refractivity contribution in [1.82, 2.24) is 0 Å². The molecule has 1 atom stereocenters. The predicted molar refractivity (Wildman–Crippen MR) is 46.6 cm³/mol. The van der Waals surface area contributed by atoms with Gasteiger partial charge in [-0.15, -0.1) is 0 Å². The van der Waals surface area contributed by atoms with Gasteiger partial charge in [0.05, 0.1) is 0 Å². The second kappa shape index (κ2) is 6.00. The van der Waals surface area contributed by atoms with Crippen molar-refractivity contribution >= 4 is 5.97 Å². The number of esters is 1. The lowest BCUT2D eigenvalue weighted by atomic mass is 10.1. The first-order chi connectivity index (χ1) is 5.56. The minimum atomic E-state index is -0.368. The Morgan fingerprint density at radius 1 is 1.42 bits per heavy atom. The molecular formula is C9H18O3. The van der Waals surface area contributed by atoms with E-state index in [9.17, 15) is 4.79 Å². The molecule has 0 saturated heterocycles. The number of ether oxygens (including phenoxy) is 2. The summed E-state index contributed by atoms with van der Waals surface area (Å²) in [6.45, 7) is 7.98. The van der Waals surface area contributed by atoms with Gasteiger partial charge in [0.1, 0.15) is 0 Å².